The largest absolute Gasteiger partial charge is 0.488 e. The summed E-state index contributed by atoms with van der Waals surface area (Å²) in [4.78, 5) is 27.7. The van der Waals surface area contributed by atoms with Crippen molar-refractivity contribution < 1.29 is 14.3 Å². The first-order valence-electron chi connectivity index (χ1n) is 10.5. The summed E-state index contributed by atoms with van der Waals surface area (Å²) in [6.07, 6.45) is 1.36. The number of nitrogens with zero attached hydrogens (tertiary/aromatic N) is 1. The smallest absolute Gasteiger partial charge is 0.257 e. The molecule has 0 spiro atoms. The molecule has 4 nitrogen and oxygen atoms in total. The molecule has 1 heterocycles. The van der Waals surface area contributed by atoms with Crippen molar-refractivity contribution in [3.8, 4) is 5.75 Å². The van der Waals surface area contributed by atoms with E-state index < -0.39 is 0 Å². The lowest BCUT2D eigenvalue weighted by atomic mass is 9.88. The molecule has 3 aromatic rings. The molecule has 0 N–H and O–H groups in total. The van der Waals surface area contributed by atoms with Crippen LogP contribution in [0.2, 0.25) is 0 Å². The molecule has 0 atom stereocenters. The van der Waals surface area contributed by atoms with Crippen molar-refractivity contribution >= 4 is 27.6 Å². The number of carbonyl (C=O) groups excluding carboxylic acids is 2. The highest BCUT2D eigenvalue weighted by Gasteiger charge is 2.29. The number of ether oxygens (including phenoxy) is 1. The van der Waals surface area contributed by atoms with Crippen molar-refractivity contribution in [1.82, 2.24) is 4.90 Å². The van der Waals surface area contributed by atoms with E-state index in [1.54, 1.807) is 6.07 Å². The van der Waals surface area contributed by atoms with Crippen molar-refractivity contribution in [2.45, 2.75) is 19.4 Å². The maximum absolute atomic E-state index is 13.2. The van der Waals surface area contributed by atoms with Gasteiger partial charge in [0.15, 0.2) is 5.78 Å². The van der Waals surface area contributed by atoms with Crippen LogP contribution in [0.25, 0.3) is 0 Å². The van der Waals surface area contributed by atoms with E-state index >= 15 is 0 Å². The predicted molar refractivity (Wildman–Crippen MR) is 124 cm³/mol. The van der Waals surface area contributed by atoms with Gasteiger partial charge in [-0.15, -0.1) is 0 Å². The highest BCUT2D eigenvalue weighted by molar-refractivity contribution is 9.10. The maximum Gasteiger partial charge on any atom is 0.257 e. The second-order valence-electron chi connectivity index (χ2n) is 7.71. The van der Waals surface area contributed by atoms with Crippen LogP contribution in [0.15, 0.2) is 83.3 Å². The highest BCUT2D eigenvalue weighted by atomic mass is 79.9. The fourth-order valence-electron chi connectivity index (χ4n) is 3.91. The van der Waals surface area contributed by atoms with E-state index in [0.29, 0.717) is 43.9 Å². The van der Waals surface area contributed by atoms with Crippen molar-refractivity contribution in [3.05, 3.63) is 100 Å². The van der Waals surface area contributed by atoms with Crippen molar-refractivity contribution in [2.24, 2.45) is 5.92 Å². The monoisotopic (exact) mass is 477 g/mol. The topological polar surface area (TPSA) is 46.6 Å². The Morgan fingerprint density at radius 3 is 2.35 bits per heavy atom. The number of piperidine rings is 1. The number of ketones is 1. The summed E-state index contributed by atoms with van der Waals surface area (Å²) in [7, 11) is 0. The van der Waals surface area contributed by atoms with Crippen LogP contribution in [0.5, 0.6) is 5.75 Å². The highest BCUT2D eigenvalue weighted by Crippen LogP contribution is 2.26. The van der Waals surface area contributed by atoms with Gasteiger partial charge >= 0.3 is 0 Å². The maximum atomic E-state index is 13.2. The minimum absolute atomic E-state index is 0.0329. The molecule has 158 valence electrons. The standard InChI is InChI=1S/C26H24BrNO3/c27-22-10-6-7-19(17-22)18-31-24-12-5-4-11-23(24)26(30)28-15-13-21(14-16-28)25(29)20-8-2-1-3-9-20/h1-12,17,21H,13-16,18H2. The average Bonchev–Trinajstić information content (AvgIpc) is 2.83. The Morgan fingerprint density at radius 1 is 0.903 bits per heavy atom. The van der Waals surface area contributed by atoms with Crippen molar-refractivity contribution in [3.63, 3.8) is 0 Å². The molecule has 4 rings (SSSR count). The van der Waals surface area contributed by atoms with E-state index in [1.165, 1.54) is 0 Å². The zero-order valence-electron chi connectivity index (χ0n) is 17.2. The molecular weight excluding hydrogens is 454 g/mol. The molecule has 0 bridgehead atoms. The van der Waals surface area contributed by atoms with Crippen LogP contribution in [0.3, 0.4) is 0 Å². The van der Waals surface area contributed by atoms with Crippen LogP contribution in [0, 0.1) is 5.92 Å². The van der Waals surface area contributed by atoms with Crippen molar-refractivity contribution in [2.75, 3.05) is 13.1 Å². The Hall–Kier alpha value is -2.92. The van der Waals surface area contributed by atoms with E-state index in [1.807, 2.05) is 77.7 Å². The number of benzene rings is 3. The molecule has 1 aliphatic rings. The lowest BCUT2D eigenvalue weighted by molar-refractivity contribution is 0.0646. The van der Waals surface area contributed by atoms with Crippen LogP contribution >= 0.6 is 15.9 Å². The Morgan fingerprint density at radius 2 is 1.61 bits per heavy atom. The number of para-hydroxylation sites is 1. The third-order valence-electron chi connectivity index (χ3n) is 5.61. The van der Waals surface area contributed by atoms with Gasteiger partial charge in [-0.1, -0.05) is 70.5 Å². The molecule has 0 aliphatic carbocycles. The van der Waals surface area contributed by atoms with Gasteiger partial charge in [-0.3, -0.25) is 9.59 Å². The minimum Gasteiger partial charge on any atom is -0.488 e. The summed E-state index contributed by atoms with van der Waals surface area (Å²) in [5, 5.41) is 0. The first-order chi connectivity index (χ1) is 15.1. The molecule has 0 radical (unpaired) electrons. The number of amides is 1. The summed E-state index contributed by atoms with van der Waals surface area (Å²) in [6.45, 7) is 1.53. The van der Waals surface area contributed by atoms with Crippen LogP contribution in [-0.2, 0) is 6.61 Å². The number of likely N-dealkylation sites (tertiary alicyclic amines) is 1. The zero-order chi connectivity index (χ0) is 21.6. The Bertz CT molecular complexity index is 1060. The molecule has 5 heteroatoms. The molecule has 1 fully saturated rings. The normalized spacial score (nSPS) is 14.3. The summed E-state index contributed by atoms with van der Waals surface area (Å²) < 4.78 is 6.98. The van der Waals surface area contributed by atoms with Gasteiger partial charge in [0.25, 0.3) is 5.91 Å². The molecule has 31 heavy (non-hydrogen) atoms. The number of rotatable bonds is 6. The molecule has 0 unspecified atom stereocenters. The lowest BCUT2D eigenvalue weighted by Crippen LogP contribution is -2.40. The summed E-state index contributed by atoms with van der Waals surface area (Å²) in [5.74, 6) is 0.672. The summed E-state index contributed by atoms with van der Waals surface area (Å²) in [6, 6.07) is 24.7. The summed E-state index contributed by atoms with van der Waals surface area (Å²) in [5.41, 5.74) is 2.33. The van der Waals surface area contributed by atoms with Gasteiger partial charge in [-0.2, -0.15) is 0 Å². The van der Waals surface area contributed by atoms with Gasteiger partial charge in [0.2, 0.25) is 0 Å². The molecule has 0 aromatic heterocycles. The summed E-state index contributed by atoms with van der Waals surface area (Å²) >= 11 is 3.47. The van der Waals surface area contributed by atoms with E-state index in [2.05, 4.69) is 15.9 Å². The Kier molecular flexibility index (Phi) is 6.82. The number of hydrogen-bond acceptors (Lipinski definition) is 3. The number of hydrogen-bond donors (Lipinski definition) is 0. The number of carbonyl (C=O) groups is 2. The van der Waals surface area contributed by atoms with E-state index in [4.69, 9.17) is 4.74 Å². The average molecular weight is 478 g/mol. The van der Waals surface area contributed by atoms with Crippen LogP contribution < -0.4 is 4.74 Å². The van der Waals surface area contributed by atoms with E-state index in [0.717, 1.165) is 15.6 Å². The Balaban J connectivity index is 1.39. The SMILES string of the molecule is O=C(c1ccccc1)C1CCN(C(=O)c2ccccc2OCc2cccc(Br)c2)CC1. The quantitative estimate of drug-likeness (QED) is 0.423. The molecule has 1 aliphatic heterocycles. The third-order valence-corrected chi connectivity index (χ3v) is 6.11. The zero-order valence-corrected chi connectivity index (χ0v) is 18.8. The van der Waals surface area contributed by atoms with Gasteiger partial charge in [0, 0.05) is 29.0 Å². The number of halogens is 1. The number of Topliss-reactive ketones (excluding diaryl/α,β-unsaturated/α-hetero) is 1. The van der Waals surface area contributed by atoms with Gasteiger partial charge in [-0.25, -0.2) is 0 Å². The molecule has 0 saturated carbocycles. The Labute approximate surface area is 191 Å². The van der Waals surface area contributed by atoms with Gasteiger partial charge in [0.05, 0.1) is 5.56 Å². The fourth-order valence-corrected chi connectivity index (χ4v) is 4.36. The molecule has 1 saturated heterocycles. The van der Waals surface area contributed by atoms with Gasteiger partial charge in [-0.05, 0) is 42.7 Å². The third kappa shape index (κ3) is 5.23. The molecule has 1 amide bonds. The lowest BCUT2D eigenvalue weighted by Gasteiger charge is -2.31. The fraction of sp³-hybridized carbons (Fsp3) is 0.231. The minimum atomic E-state index is -0.0459. The van der Waals surface area contributed by atoms with Gasteiger partial charge in [0.1, 0.15) is 12.4 Å². The van der Waals surface area contributed by atoms with Crippen LogP contribution in [0.4, 0.5) is 0 Å². The first kappa shape index (κ1) is 21.3. The second-order valence-corrected chi connectivity index (χ2v) is 8.63. The molecule has 3 aromatic carbocycles. The first-order valence-corrected chi connectivity index (χ1v) is 11.3. The van der Waals surface area contributed by atoms with E-state index in [-0.39, 0.29) is 17.6 Å². The van der Waals surface area contributed by atoms with Crippen molar-refractivity contribution in [1.29, 1.82) is 0 Å². The second kappa shape index (κ2) is 9.92. The van der Waals surface area contributed by atoms with Gasteiger partial charge < -0.3 is 9.64 Å². The van der Waals surface area contributed by atoms with E-state index in [9.17, 15) is 9.59 Å². The van der Waals surface area contributed by atoms with Crippen LogP contribution in [-0.4, -0.2) is 29.7 Å². The van der Waals surface area contributed by atoms with Crippen LogP contribution in [0.1, 0.15) is 39.1 Å². The molecular formula is C26H24BrNO3. The predicted octanol–water partition coefficient (Wildman–Crippen LogP) is 5.76.